The maximum absolute atomic E-state index is 12.3. The smallest absolute Gasteiger partial charge is 0.233 e. The number of anilines is 1. The van der Waals surface area contributed by atoms with Crippen molar-refractivity contribution >= 4 is 39.3 Å². The first-order valence-electron chi connectivity index (χ1n) is 10.2. The molecule has 1 aromatic heterocycles. The van der Waals surface area contributed by atoms with Crippen LogP contribution in [0.4, 0.5) is 5.69 Å². The van der Waals surface area contributed by atoms with Crippen LogP contribution in [0.1, 0.15) is 36.1 Å². The first kappa shape index (κ1) is 23.9. The molecule has 3 rings (SSSR count). The fourth-order valence-corrected chi connectivity index (χ4v) is 3.52. The Morgan fingerprint density at radius 3 is 2.55 bits per heavy atom. The number of hydrogen-bond donors (Lipinski definition) is 4. The van der Waals surface area contributed by atoms with Gasteiger partial charge in [0.25, 0.3) is 0 Å². The largest absolute Gasteiger partial charge is 0.488 e. The lowest BCUT2D eigenvalue weighted by atomic mass is 10.1. The topological polar surface area (TPSA) is 130 Å². The number of benzene rings is 2. The van der Waals surface area contributed by atoms with E-state index in [2.05, 4.69) is 31.5 Å². The minimum atomic E-state index is -0.435. The SMILES string of the molecule is CC(NC(=O)CC(=O)Nc1ccc(C(=N)N)cc1)c1ccc(OCc2cccnc2)c(Br)c1. The van der Waals surface area contributed by atoms with Crippen molar-refractivity contribution in [2.45, 2.75) is 26.0 Å². The van der Waals surface area contributed by atoms with Gasteiger partial charge in [-0.3, -0.25) is 20.0 Å². The van der Waals surface area contributed by atoms with Gasteiger partial charge < -0.3 is 21.1 Å². The zero-order valence-corrected chi connectivity index (χ0v) is 19.6. The molecule has 5 N–H and O–H groups in total. The van der Waals surface area contributed by atoms with E-state index in [1.165, 1.54) is 0 Å². The quantitative estimate of drug-likeness (QED) is 0.197. The van der Waals surface area contributed by atoms with Crippen LogP contribution < -0.4 is 21.1 Å². The van der Waals surface area contributed by atoms with E-state index < -0.39 is 11.8 Å². The second-order valence-corrected chi connectivity index (χ2v) is 8.20. The highest BCUT2D eigenvalue weighted by atomic mass is 79.9. The number of amidine groups is 1. The van der Waals surface area contributed by atoms with Gasteiger partial charge in [0.15, 0.2) is 0 Å². The summed E-state index contributed by atoms with van der Waals surface area (Å²) in [7, 11) is 0. The van der Waals surface area contributed by atoms with Crippen molar-refractivity contribution in [3.8, 4) is 5.75 Å². The standard InChI is InChI=1S/C24H24BrN5O3/c1-15(18-6-9-21(20(25)11-18)33-14-16-3-2-10-28-13-16)29-22(31)12-23(32)30-19-7-4-17(5-8-19)24(26)27/h2-11,13,15H,12,14H2,1H3,(H3,26,27)(H,29,31)(H,30,32). The number of pyridine rings is 1. The van der Waals surface area contributed by atoms with Crippen molar-refractivity contribution in [1.29, 1.82) is 5.41 Å². The van der Waals surface area contributed by atoms with Crippen molar-refractivity contribution < 1.29 is 14.3 Å². The van der Waals surface area contributed by atoms with Gasteiger partial charge in [-0.05, 0) is 70.9 Å². The summed E-state index contributed by atoms with van der Waals surface area (Å²) in [5.74, 6) is -0.207. The summed E-state index contributed by atoms with van der Waals surface area (Å²) in [5.41, 5.74) is 8.32. The number of amides is 2. The maximum Gasteiger partial charge on any atom is 0.233 e. The first-order chi connectivity index (χ1) is 15.8. The molecule has 33 heavy (non-hydrogen) atoms. The molecule has 0 bridgehead atoms. The van der Waals surface area contributed by atoms with Crippen LogP contribution in [-0.4, -0.2) is 22.6 Å². The number of nitrogens with one attached hydrogen (secondary N) is 3. The predicted molar refractivity (Wildman–Crippen MR) is 130 cm³/mol. The Kier molecular flexibility index (Phi) is 8.15. The molecule has 0 saturated carbocycles. The van der Waals surface area contributed by atoms with Crippen molar-refractivity contribution in [3.63, 3.8) is 0 Å². The van der Waals surface area contributed by atoms with Gasteiger partial charge in [-0.2, -0.15) is 0 Å². The van der Waals surface area contributed by atoms with Gasteiger partial charge in [0.05, 0.1) is 10.5 Å². The molecule has 1 unspecified atom stereocenters. The molecule has 0 spiro atoms. The molecule has 0 saturated heterocycles. The second-order valence-electron chi connectivity index (χ2n) is 7.34. The van der Waals surface area contributed by atoms with E-state index in [0.717, 1.165) is 15.6 Å². The number of rotatable bonds is 9. The number of nitrogen functional groups attached to an aromatic ring is 1. The molecule has 1 heterocycles. The van der Waals surface area contributed by atoms with Crippen LogP contribution >= 0.6 is 15.9 Å². The normalized spacial score (nSPS) is 11.3. The minimum Gasteiger partial charge on any atom is -0.488 e. The average molecular weight is 510 g/mol. The van der Waals surface area contributed by atoms with Gasteiger partial charge in [-0.25, -0.2) is 0 Å². The summed E-state index contributed by atoms with van der Waals surface area (Å²) in [6.45, 7) is 2.24. The molecule has 3 aromatic rings. The summed E-state index contributed by atoms with van der Waals surface area (Å²) in [4.78, 5) is 28.6. The van der Waals surface area contributed by atoms with Crippen molar-refractivity contribution in [3.05, 3.63) is 88.2 Å². The fraction of sp³-hybridized carbons (Fsp3) is 0.167. The predicted octanol–water partition coefficient (Wildman–Crippen LogP) is 3.91. The highest BCUT2D eigenvalue weighted by Crippen LogP contribution is 2.29. The Bertz CT molecular complexity index is 1140. The molecule has 0 aliphatic heterocycles. The zero-order valence-electron chi connectivity index (χ0n) is 18.0. The summed E-state index contributed by atoms with van der Waals surface area (Å²) in [5, 5.41) is 12.9. The third-order valence-electron chi connectivity index (χ3n) is 4.75. The molecule has 2 aromatic carbocycles. The molecule has 0 aliphatic rings. The number of carbonyl (C=O) groups is 2. The average Bonchev–Trinajstić information content (AvgIpc) is 2.79. The highest BCUT2D eigenvalue weighted by Gasteiger charge is 2.15. The molecular weight excluding hydrogens is 486 g/mol. The number of hydrogen-bond acceptors (Lipinski definition) is 5. The van der Waals surface area contributed by atoms with Crippen LogP contribution in [0, 0.1) is 5.41 Å². The van der Waals surface area contributed by atoms with E-state index >= 15 is 0 Å². The number of nitrogens with zero attached hydrogens (tertiary/aromatic N) is 1. The van der Waals surface area contributed by atoms with Crippen LogP contribution in [0.2, 0.25) is 0 Å². The third-order valence-corrected chi connectivity index (χ3v) is 5.37. The van der Waals surface area contributed by atoms with Crippen LogP contribution in [0.15, 0.2) is 71.5 Å². The lowest BCUT2D eigenvalue weighted by Gasteiger charge is -2.16. The number of nitrogens with two attached hydrogens (primary N) is 1. The lowest BCUT2D eigenvalue weighted by Crippen LogP contribution is -2.30. The monoisotopic (exact) mass is 509 g/mol. The molecule has 1 atom stereocenters. The van der Waals surface area contributed by atoms with Gasteiger partial charge in [0.1, 0.15) is 24.6 Å². The highest BCUT2D eigenvalue weighted by molar-refractivity contribution is 9.10. The summed E-state index contributed by atoms with van der Waals surface area (Å²) < 4.78 is 6.58. The number of halogens is 1. The van der Waals surface area contributed by atoms with E-state index in [4.69, 9.17) is 15.9 Å². The van der Waals surface area contributed by atoms with Gasteiger partial charge in [0, 0.05) is 29.2 Å². The maximum atomic E-state index is 12.3. The van der Waals surface area contributed by atoms with Crippen molar-refractivity contribution in [2.75, 3.05) is 5.32 Å². The summed E-state index contributed by atoms with van der Waals surface area (Å²) in [6, 6.07) is 15.6. The third kappa shape index (κ3) is 7.15. The Balaban J connectivity index is 1.50. The van der Waals surface area contributed by atoms with E-state index in [9.17, 15) is 9.59 Å². The number of carbonyl (C=O) groups excluding carboxylic acids is 2. The molecule has 9 heteroatoms. The molecule has 0 aliphatic carbocycles. The Labute approximate surface area is 200 Å². The van der Waals surface area contributed by atoms with E-state index in [1.807, 2.05) is 37.3 Å². The van der Waals surface area contributed by atoms with Gasteiger partial charge >= 0.3 is 0 Å². The van der Waals surface area contributed by atoms with Crippen LogP contribution in [0.3, 0.4) is 0 Å². The molecule has 0 fully saturated rings. The van der Waals surface area contributed by atoms with Gasteiger partial charge in [-0.1, -0.05) is 12.1 Å². The van der Waals surface area contributed by atoms with E-state index in [-0.39, 0.29) is 18.3 Å². The van der Waals surface area contributed by atoms with Crippen molar-refractivity contribution in [1.82, 2.24) is 10.3 Å². The van der Waals surface area contributed by atoms with Crippen molar-refractivity contribution in [2.24, 2.45) is 5.73 Å². The van der Waals surface area contributed by atoms with Crippen LogP contribution in [0.25, 0.3) is 0 Å². The Hall–Kier alpha value is -3.72. The molecule has 2 amide bonds. The Morgan fingerprint density at radius 1 is 1.15 bits per heavy atom. The first-order valence-corrected chi connectivity index (χ1v) is 11.0. The van der Waals surface area contributed by atoms with Crippen LogP contribution in [0.5, 0.6) is 5.75 Å². The molecular formula is C24H24BrN5O3. The molecule has 170 valence electrons. The summed E-state index contributed by atoms with van der Waals surface area (Å²) in [6.07, 6.45) is 3.14. The number of ether oxygens (including phenoxy) is 1. The number of aromatic nitrogens is 1. The lowest BCUT2D eigenvalue weighted by molar-refractivity contribution is -0.127. The second kappa shape index (κ2) is 11.2. The van der Waals surface area contributed by atoms with Gasteiger partial charge in [-0.15, -0.1) is 0 Å². The van der Waals surface area contributed by atoms with E-state index in [0.29, 0.717) is 23.6 Å². The van der Waals surface area contributed by atoms with Gasteiger partial charge in [0.2, 0.25) is 11.8 Å². The summed E-state index contributed by atoms with van der Waals surface area (Å²) >= 11 is 3.51. The molecule has 8 nitrogen and oxygen atoms in total. The van der Waals surface area contributed by atoms with E-state index in [1.54, 1.807) is 36.7 Å². The minimum absolute atomic E-state index is 0.0547. The Morgan fingerprint density at radius 2 is 1.91 bits per heavy atom. The zero-order chi connectivity index (χ0) is 23.8. The fourth-order valence-electron chi connectivity index (χ4n) is 3.01. The molecule has 0 radical (unpaired) electrons. The van der Waals surface area contributed by atoms with Crippen LogP contribution in [-0.2, 0) is 16.2 Å².